The van der Waals surface area contributed by atoms with Crippen molar-refractivity contribution in [2.75, 3.05) is 0 Å². The second-order valence-electron chi connectivity index (χ2n) is 6.21. The molecule has 1 aromatic rings. The molecular weight excluding hydrogens is 280 g/mol. The van der Waals surface area contributed by atoms with Crippen LogP contribution in [-0.4, -0.2) is 16.9 Å². The van der Waals surface area contributed by atoms with Crippen LogP contribution in [0.1, 0.15) is 43.2 Å². The van der Waals surface area contributed by atoms with Gasteiger partial charge in [0.25, 0.3) is 0 Å². The zero-order valence-corrected chi connectivity index (χ0v) is 13.2. The number of nitrogens with two attached hydrogens (primary N) is 1. The molecule has 0 spiro atoms. The molecule has 1 saturated carbocycles. The minimum absolute atomic E-state index is 0.113. The summed E-state index contributed by atoms with van der Waals surface area (Å²) in [6, 6.07) is 8.37. The number of hydrogen-bond donors (Lipinski definition) is 2. The molecule has 0 aliphatic heterocycles. The molecule has 0 heterocycles. The smallest absolute Gasteiger partial charge is 0.224 e. The summed E-state index contributed by atoms with van der Waals surface area (Å²) in [5, 5.41) is 3.06. The maximum atomic E-state index is 12.5. The Kier molecular flexibility index (Phi) is 3.98. The van der Waals surface area contributed by atoms with Gasteiger partial charge in [0.05, 0.1) is 11.0 Å². The van der Waals surface area contributed by atoms with E-state index in [2.05, 4.69) is 36.5 Å². The minimum Gasteiger partial charge on any atom is -0.392 e. The third-order valence-corrected chi connectivity index (χ3v) is 5.15. The van der Waals surface area contributed by atoms with E-state index in [1.54, 1.807) is 0 Å². The van der Waals surface area contributed by atoms with Gasteiger partial charge >= 0.3 is 0 Å². The number of hydrogen-bond acceptors (Lipinski definition) is 2. The van der Waals surface area contributed by atoms with Crippen LogP contribution in [0.2, 0.25) is 0 Å². The number of carbonyl (C=O) groups excluding carboxylic acids is 1. The lowest BCUT2D eigenvalue weighted by molar-refractivity contribution is -0.123. The molecule has 21 heavy (non-hydrogen) atoms. The number of benzene rings is 1. The maximum absolute atomic E-state index is 12.5. The Bertz CT molecular complexity index is 572. The summed E-state index contributed by atoms with van der Waals surface area (Å²) < 4.78 is 0. The predicted molar refractivity (Wildman–Crippen MR) is 88.1 cm³/mol. The molecule has 1 aromatic carbocycles. The molecule has 1 amide bonds. The Labute approximate surface area is 131 Å². The third-order valence-electron chi connectivity index (χ3n) is 4.87. The van der Waals surface area contributed by atoms with Gasteiger partial charge in [0.15, 0.2) is 0 Å². The van der Waals surface area contributed by atoms with Gasteiger partial charge in [-0.25, -0.2) is 0 Å². The quantitative estimate of drug-likeness (QED) is 0.822. The highest BCUT2D eigenvalue weighted by Gasteiger charge is 2.57. The Hall–Kier alpha value is -1.42. The molecule has 0 radical (unpaired) electrons. The van der Waals surface area contributed by atoms with E-state index in [4.69, 9.17) is 18.0 Å². The Morgan fingerprint density at radius 2 is 2.24 bits per heavy atom. The molecule has 0 saturated heterocycles. The van der Waals surface area contributed by atoms with Gasteiger partial charge in [-0.05, 0) is 42.2 Å². The average molecular weight is 302 g/mol. The first kappa shape index (κ1) is 14.5. The van der Waals surface area contributed by atoms with Crippen molar-refractivity contribution in [2.24, 2.45) is 17.6 Å². The van der Waals surface area contributed by atoms with Crippen LogP contribution >= 0.6 is 12.2 Å². The Morgan fingerprint density at radius 1 is 1.48 bits per heavy atom. The molecule has 4 unspecified atom stereocenters. The fourth-order valence-electron chi connectivity index (χ4n) is 3.77. The van der Waals surface area contributed by atoms with Gasteiger partial charge < -0.3 is 11.1 Å². The number of nitrogens with one attached hydrogen (secondary N) is 1. The SMILES string of the molecule is CCCC(NC(=O)C1C2CCc3ccccc3C21)C(N)=S. The van der Waals surface area contributed by atoms with Crippen molar-refractivity contribution in [3.05, 3.63) is 35.4 Å². The van der Waals surface area contributed by atoms with Gasteiger partial charge in [-0.1, -0.05) is 49.8 Å². The van der Waals surface area contributed by atoms with E-state index < -0.39 is 0 Å². The number of carbonyl (C=O) groups is 1. The van der Waals surface area contributed by atoms with Crippen LogP contribution in [0.25, 0.3) is 0 Å². The van der Waals surface area contributed by atoms with Crippen molar-refractivity contribution in [3.8, 4) is 0 Å². The highest BCUT2D eigenvalue weighted by atomic mass is 32.1. The molecule has 0 bridgehead atoms. The molecule has 3 rings (SSSR count). The van der Waals surface area contributed by atoms with E-state index >= 15 is 0 Å². The first-order valence-electron chi connectivity index (χ1n) is 7.81. The maximum Gasteiger partial charge on any atom is 0.224 e. The van der Waals surface area contributed by atoms with E-state index in [0.717, 1.165) is 25.7 Å². The van der Waals surface area contributed by atoms with Crippen molar-refractivity contribution >= 4 is 23.1 Å². The van der Waals surface area contributed by atoms with Crippen molar-refractivity contribution in [2.45, 2.75) is 44.6 Å². The lowest BCUT2D eigenvalue weighted by Gasteiger charge is -2.16. The van der Waals surface area contributed by atoms with E-state index in [1.165, 1.54) is 11.1 Å². The summed E-state index contributed by atoms with van der Waals surface area (Å²) >= 11 is 5.06. The van der Waals surface area contributed by atoms with Crippen LogP contribution in [0.4, 0.5) is 0 Å². The second kappa shape index (κ2) is 5.76. The van der Waals surface area contributed by atoms with Crippen LogP contribution in [0.3, 0.4) is 0 Å². The molecule has 2 aliphatic carbocycles. The molecule has 1 fully saturated rings. The zero-order valence-electron chi connectivity index (χ0n) is 12.3. The van der Waals surface area contributed by atoms with Gasteiger partial charge in [-0.15, -0.1) is 0 Å². The van der Waals surface area contributed by atoms with Gasteiger partial charge in [0.2, 0.25) is 5.91 Å². The summed E-state index contributed by atoms with van der Waals surface area (Å²) in [7, 11) is 0. The van der Waals surface area contributed by atoms with Crippen molar-refractivity contribution in [1.82, 2.24) is 5.32 Å². The summed E-state index contributed by atoms with van der Waals surface area (Å²) in [6.45, 7) is 2.07. The summed E-state index contributed by atoms with van der Waals surface area (Å²) in [4.78, 5) is 12.9. The highest BCUT2D eigenvalue weighted by molar-refractivity contribution is 7.80. The molecule has 2 aliphatic rings. The average Bonchev–Trinajstić information content (AvgIpc) is 3.21. The molecule has 4 heteroatoms. The van der Waals surface area contributed by atoms with Gasteiger partial charge in [0.1, 0.15) is 0 Å². The predicted octanol–water partition coefficient (Wildman–Crippen LogP) is 2.53. The fraction of sp³-hybridized carbons (Fsp3) is 0.529. The number of thiocarbonyl (C=S) groups is 1. The minimum atomic E-state index is -0.157. The number of rotatable bonds is 5. The Balaban J connectivity index is 1.70. The van der Waals surface area contributed by atoms with Crippen LogP contribution in [0.5, 0.6) is 0 Å². The van der Waals surface area contributed by atoms with E-state index in [1.807, 2.05) is 0 Å². The normalized spacial score (nSPS) is 27.2. The first-order valence-corrected chi connectivity index (χ1v) is 8.21. The van der Waals surface area contributed by atoms with E-state index in [9.17, 15) is 4.79 Å². The Morgan fingerprint density at radius 3 is 2.95 bits per heavy atom. The molecule has 3 N–H and O–H groups in total. The monoisotopic (exact) mass is 302 g/mol. The fourth-order valence-corrected chi connectivity index (χ4v) is 3.94. The summed E-state index contributed by atoms with van der Waals surface area (Å²) in [5.74, 6) is 1.16. The molecule has 3 nitrogen and oxygen atoms in total. The third kappa shape index (κ3) is 2.69. The second-order valence-corrected chi connectivity index (χ2v) is 6.68. The lowest BCUT2D eigenvalue weighted by Crippen LogP contribution is -2.44. The van der Waals surface area contributed by atoms with Gasteiger partial charge in [-0.3, -0.25) is 4.79 Å². The van der Waals surface area contributed by atoms with Crippen LogP contribution in [-0.2, 0) is 11.2 Å². The van der Waals surface area contributed by atoms with Crippen LogP contribution < -0.4 is 11.1 Å². The lowest BCUT2D eigenvalue weighted by atomic mass is 9.92. The highest BCUT2D eigenvalue weighted by Crippen LogP contribution is 2.59. The van der Waals surface area contributed by atoms with E-state index in [-0.39, 0.29) is 17.9 Å². The number of aryl methyl sites for hydroxylation is 1. The molecule has 112 valence electrons. The van der Waals surface area contributed by atoms with Gasteiger partial charge in [-0.2, -0.15) is 0 Å². The van der Waals surface area contributed by atoms with E-state index in [0.29, 0.717) is 16.8 Å². The number of fused-ring (bicyclic) bond motifs is 3. The van der Waals surface area contributed by atoms with Crippen molar-refractivity contribution in [1.29, 1.82) is 0 Å². The molecule has 4 atom stereocenters. The summed E-state index contributed by atoms with van der Waals surface area (Å²) in [5.41, 5.74) is 8.51. The van der Waals surface area contributed by atoms with Gasteiger partial charge in [0, 0.05) is 5.92 Å². The zero-order chi connectivity index (χ0) is 15.0. The topological polar surface area (TPSA) is 55.1 Å². The molecule has 0 aromatic heterocycles. The summed E-state index contributed by atoms with van der Waals surface area (Å²) in [6.07, 6.45) is 3.99. The first-order chi connectivity index (χ1) is 10.1. The van der Waals surface area contributed by atoms with Crippen molar-refractivity contribution < 1.29 is 4.79 Å². The largest absolute Gasteiger partial charge is 0.392 e. The van der Waals surface area contributed by atoms with Crippen molar-refractivity contribution in [3.63, 3.8) is 0 Å². The molecular formula is C17H22N2OS. The van der Waals surface area contributed by atoms with Crippen LogP contribution in [0.15, 0.2) is 24.3 Å². The standard InChI is InChI=1S/C17H22N2OS/c1-2-5-13(16(18)21)19-17(20)15-12-9-8-10-6-3-4-7-11(10)14(12)15/h3-4,6-7,12-15H,2,5,8-9H2,1H3,(H2,18,21)(H,19,20). The van der Waals surface area contributed by atoms with Crippen LogP contribution in [0, 0.1) is 11.8 Å². The number of amides is 1.